The molecule has 1 aromatic heterocycles. The Labute approximate surface area is 135 Å². The van der Waals surface area contributed by atoms with E-state index in [0.717, 1.165) is 17.7 Å². The summed E-state index contributed by atoms with van der Waals surface area (Å²) in [5, 5.41) is 13.7. The Morgan fingerprint density at radius 2 is 2.00 bits per heavy atom. The van der Waals surface area contributed by atoms with Crippen LogP contribution < -0.4 is 15.4 Å². The summed E-state index contributed by atoms with van der Waals surface area (Å²) < 4.78 is 5.11. The third-order valence-corrected chi connectivity index (χ3v) is 3.18. The number of amides is 1. The van der Waals surface area contributed by atoms with Crippen molar-refractivity contribution >= 4 is 11.7 Å². The molecular weight excluding hydrogens is 292 g/mol. The molecule has 0 saturated heterocycles. The van der Waals surface area contributed by atoms with E-state index >= 15 is 0 Å². The van der Waals surface area contributed by atoms with Gasteiger partial charge in [-0.3, -0.25) is 4.79 Å². The Balaban J connectivity index is 1.80. The van der Waals surface area contributed by atoms with Crippen LogP contribution in [0.3, 0.4) is 0 Å². The van der Waals surface area contributed by atoms with Crippen LogP contribution >= 0.6 is 0 Å². The summed E-state index contributed by atoms with van der Waals surface area (Å²) >= 11 is 0. The fourth-order valence-corrected chi connectivity index (χ4v) is 1.93. The average Bonchev–Trinajstić information content (AvgIpc) is 2.61. The van der Waals surface area contributed by atoms with E-state index in [1.807, 2.05) is 24.3 Å². The average molecular weight is 312 g/mol. The van der Waals surface area contributed by atoms with Gasteiger partial charge >= 0.3 is 0 Å². The van der Waals surface area contributed by atoms with Crippen molar-refractivity contribution in [1.29, 1.82) is 0 Å². The van der Waals surface area contributed by atoms with Gasteiger partial charge in [-0.05, 0) is 36.2 Å². The van der Waals surface area contributed by atoms with Gasteiger partial charge in [0.15, 0.2) is 5.69 Å². The molecule has 2 aromatic rings. The van der Waals surface area contributed by atoms with Crippen LogP contribution in [-0.4, -0.2) is 36.3 Å². The van der Waals surface area contributed by atoms with Crippen molar-refractivity contribution < 1.29 is 9.53 Å². The first-order valence-corrected chi connectivity index (χ1v) is 7.32. The molecule has 0 atom stereocenters. The van der Waals surface area contributed by atoms with Crippen molar-refractivity contribution in [2.75, 3.05) is 25.5 Å². The Hall–Kier alpha value is -2.89. The highest BCUT2D eigenvalue weighted by atomic mass is 16.5. The van der Waals surface area contributed by atoms with Crippen molar-refractivity contribution in [1.82, 2.24) is 15.5 Å². The first-order chi connectivity index (χ1) is 11.2. The normalized spacial score (nSPS) is 9.96. The number of aromatic nitrogens is 2. The molecule has 0 fully saturated rings. The molecule has 0 aliphatic heterocycles. The first kappa shape index (κ1) is 16.5. The van der Waals surface area contributed by atoms with Gasteiger partial charge in [0.1, 0.15) is 11.6 Å². The fraction of sp³-hybridized carbons (Fsp3) is 0.235. The second kappa shape index (κ2) is 8.53. The minimum atomic E-state index is -0.235. The Morgan fingerprint density at radius 3 is 2.61 bits per heavy atom. The Bertz CT molecular complexity index is 639. The molecule has 1 amide bonds. The summed E-state index contributed by atoms with van der Waals surface area (Å²) in [5.41, 5.74) is 1.42. The summed E-state index contributed by atoms with van der Waals surface area (Å²) in [7, 11) is 1.63. The summed E-state index contributed by atoms with van der Waals surface area (Å²) in [6.07, 6.45) is 2.46. The van der Waals surface area contributed by atoms with Crippen LogP contribution in [0.1, 0.15) is 16.1 Å². The van der Waals surface area contributed by atoms with E-state index in [2.05, 4.69) is 27.4 Å². The highest BCUT2D eigenvalue weighted by Crippen LogP contribution is 2.11. The Kier molecular flexibility index (Phi) is 6.11. The highest BCUT2D eigenvalue weighted by Gasteiger charge is 2.07. The number of nitrogens with zero attached hydrogens (tertiary/aromatic N) is 2. The molecule has 0 spiro atoms. The van der Waals surface area contributed by atoms with Gasteiger partial charge in [-0.1, -0.05) is 18.2 Å². The zero-order chi connectivity index (χ0) is 16.5. The number of hydrogen-bond acceptors (Lipinski definition) is 5. The summed E-state index contributed by atoms with van der Waals surface area (Å²) in [5.74, 6) is 1.19. The minimum absolute atomic E-state index is 0.235. The van der Waals surface area contributed by atoms with Gasteiger partial charge in [-0.15, -0.1) is 16.8 Å². The van der Waals surface area contributed by atoms with Crippen LogP contribution in [0.2, 0.25) is 0 Å². The molecule has 0 aliphatic carbocycles. The number of anilines is 1. The van der Waals surface area contributed by atoms with E-state index in [1.165, 1.54) is 0 Å². The van der Waals surface area contributed by atoms with E-state index in [4.69, 9.17) is 4.74 Å². The van der Waals surface area contributed by atoms with Crippen LogP contribution in [0.25, 0.3) is 0 Å². The first-order valence-electron chi connectivity index (χ1n) is 7.32. The number of hydrogen-bond donors (Lipinski definition) is 2. The van der Waals surface area contributed by atoms with Crippen LogP contribution in [0.5, 0.6) is 5.75 Å². The van der Waals surface area contributed by atoms with Crippen LogP contribution in [0.4, 0.5) is 5.82 Å². The molecule has 23 heavy (non-hydrogen) atoms. The summed E-state index contributed by atoms with van der Waals surface area (Å²) in [4.78, 5) is 12.0. The smallest absolute Gasteiger partial charge is 0.271 e. The van der Waals surface area contributed by atoms with Gasteiger partial charge in [0, 0.05) is 13.1 Å². The lowest BCUT2D eigenvalue weighted by Gasteiger charge is -2.06. The van der Waals surface area contributed by atoms with Crippen molar-refractivity contribution in [2.45, 2.75) is 6.42 Å². The topological polar surface area (TPSA) is 76.1 Å². The number of carbonyl (C=O) groups is 1. The van der Waals surface area contributed by atoms with Gasteiger partial charge in [0.2, 0.25) is 0 Å². The number of carbonyl (C=O) groups excluding carboxylic acids is 1. The van der Waals surface area contributed by atoms with Gasteiger partial charge in [0.25, 0.3) is 5.91 Å². The second-order valence-electron chi connectivity index (χ2n) is 4.83. The molecule has 2 rings (SSSR count). The molecule has 1 heterocycles. The molecular formula is C17H20N4O2. The van der Waals surface area contributed by atoms with Crippen molar-refractivity contribution in [3.8, 4) is 5.75 Å². The molecule has 6 heteroatoms. The monoisotopic (exact) mass is 312 g/mol. The van der Waals surface area contributed by atoms with Crippen LogP contribution in [0.15, 0.2) is 49.1 Å². The van der Waals surface area contributed by atoms with Crippen molar-refractivity contribution in [2.24, 2.45) is 0 Å². The zero-order valence-electron chi connectivity index (χ0n) is 13.1. The number of ether oxygens (including phenoxy) is 1. The van der Waals surface area contributed by atoms with Crippen molar-refractivity contribution in [3.05, 3.63) is 60.3 Å². The maximum atomic E-state index is 12.0. The predicted molar refractivity (Wildman–Crippen MR) is 89.7 cm³/mol. The maximum Gasteiger partial charge on any atom is 0.271 e. The molecule has 120 valence electrons. The SMILES string of the molecule is C=CCNc1ccc(C(=O)NCCc2ccc(OC)cc2)nn1. The standard InChI is InChI=1S/C17H20N4O2/c1-3-11-18-16-9-8-15(20-21-16)17(22)19-12-10-13-4-6-14(23-2)7-5-13/h3-9H,1,10-12H2,2H3,(H,18,21)(H,19,22). The van der Waals surface area contributed by atoms with E-state index in [9.17, 15) is 4.79 Å². The number of benzene rings is 1. The molecule has 0 bridgehead atoms. The lowest BCUT2D eigenvalue weighted by Crippen LogP contribution is -2.26. The number of methoxy groups -OCH3 is 1. The molecule has 2 N–H and O–H groups in total. The second-order valence-corrected chi connectivity index (χ2v) is 4.83. The van der Waals surface area contributed by atoms with E-state index in [0.29, 0.717) is 24.6 Å². The lowest BCUT2D eigenvalue weighted by molar-refractivity contribution is 0.0948. The maximum absolute atomic E-state index is 12.0. The highest BCUT2D eigenvalue weighted by molar-refractivity contribution is 5.92. The largest absolute Gasteiger partial charge is 0.497 e. The Morgan fingerprint density at radius 1 is 1.22 bits per heavy atom. The third-order valence-electron chi connectivity index (χ3n) is 3.18. The lowest BCUT2D eigenvalue weighted by atomic mass is 10.1. The molecule has 0 aliphatic rings. The minimum Gasteiger partial charge on any atom is -0.497 e. The molecule has 0 saturated carbocycles. The van der Waals surface area contributed by atoms with E-state index in [1.54, 1.807) is 25.3 Å². The zero-order valence-corrected chi connectivity index (χ0v) is 13.1. The van der Waals surface area contributed by atoms with Crippen LogP contribution in [-0.2, 0) is 6.42 Å². The third kappa shape index (κ3) is 5.10. The van der Waals surface area contributed by atoms with Gasteiger partial charge in [-0.2, -0.15) is 0 Å². The number of rotatable bonds is 8. The summed E-state index contributed by atoms with van der Waals surface area (Å²) in [6, 6.07) is 11.1. The van der Waals surface area contributed by atoms with E-state index in [-0.39, 0.29) is 5.91 Å². The predicted octanol–water partition coefficient (Wildman–Crippen LogP) is 2.06. The summed E-state index contributed by atoms with van der Waals surface area (Å²) in [6.45, 7) is 4.74. The molecule has 0 radical (unpaired) electrons. The quantitative estimate of drug-likeness (QED) is 0.730. The van der Waals surface area contributed by atoms with Gasteiger partial charge in [-0.25, -0.2) is 0 Å². The molecule has 6 nitrogen and oxygen atoms in total. The van der Waals surface area contributed by atoms with E-state index < -0.39 is 0 Å². The van der Waals surface area contributed by atoms with Crippen LogP contribution in [0, 0.1) is 0 Å². The molecule has 1 aromatic carbocycles. The molecule has 0 unspecified atom stereocenters. The number of nitrogens with one attached hydrogen (secondary N) is 2. The van der Waals surface area contributed by atoms with Crippen molar-refractivity contribution in [3.63, 3.8) is 0 Å². The fourth-order valence-electron chi connectivity index (χ4n) is 1.93. The van der Waals surface area contributed by atoms with Gasteiger partial charge in [0.05, 0.1) is 7.11 Å². The van der Waals surface area contributed by atoms with Gasteiger partial charge < -0.3 is 15.4 Å².